The molecule has 9 unspecified atom stereocenters. The van der Waals surface area contributed by atoms with Crippen molar-refractivity contribution in [2.45, 2.75) is 102 Å². The molecule has 0 aliphatic heterocycles. The minimum absolute atomic E-state index is 0.00546. The predicted octanol–water partition coefficient (Wildman–Crippen LogP) is 5.61. The lowest BCUT2D eigenvalue weighted by Crippen LogP contribution is -2.40. The molecule has 9 atom stereocenters. The minimum atomic E-state index is 0.00546. The van der Waals surface area contributed by atoms with E-state index in [9.17, 15) is 0 Å². The van der Waals surface area contributed by atoms with Crippen LogP contribution in [0.15, 0.2) is 0 Å². The molecule has 0 N–H and O–H groups in total. The Morgan fingerprint density at radius 3 is 1.10 bits per heavy atom. The highest BCUT2D eigenvalue weighted by Gasteiger charge is 2.45. The Balaban J connectivity index is 1.06. The molecule has 0 saturated heterocycles. The van der Waals surface area contributed by atoms with E-state index in [1.807, 2.05) is 0 Å². The molecular formula is C26H42O3. The first-order chi connectivity index (χ1) is 14.1. The van der Waals surface area contributed by atoms with E-state index in [4.69, 9.17) is 14.2 Å². The molecular weight excluding hydrogens is 360 g/mol. The van der Waals surface area contributed by atoms with E-state index in [0.29, 0.717) is 18.3 Å². The average Bonchev–Trinajstić information content (AvgIpc) is 3.57. The van der Waals surface area contributed by atoms with Crippen LogP contribution in [0.4, 0.5) is 0 Å². The van der Waals surface area contributed by atoms with Gasteiger partial charge in [-0.15, -0.1) is 0 Å². The minimum Gasteiger partial charge on any atom is -0.377 e. The monoisotopic (exact) mass is 402 g/mol. The Bertz CT molecular complexity index is 512. The zero-order valence-electron chi connectivity index (χ0n) is 18.5. The molecule has 0 heterocycles. The predicted molar refractivity (Wildman–Crippen MR) is 114 cm³/mol. The van der Waals surface area contributed by atoms with Crippen LogP contribution in [0.1, 0.15) is 84.0 Å². The summed E-state index contributed by atoms with van der Waals surface area (Å²) in [5.74, 6) is 5.36. The second-order valence-electron chi connectivity index (χ2n) is 12.4. The third kappa shape index (κ3) is 3.94. The van der Waals surface area contributed by atoms with Gasteiger partial charge >= 0.3 is 0 Å². The standard InChI is InChI=1S/C26H42O3/c1-26(14-27-23-11-17-2-5-20(23)8-17,15-28-24-12-18-3-6-21(24)9-18)16-29-25-13-19-4-7-22(25)10-19/h17-25H,2-16H2,1H3. The van der Waals surface area contributed by atoms with E-state index < -0.39 is 0 Å². The van der Waals surface area contributed by atoms with E-state index in [0.717, 1.165) is 55.3 Å². The molecule has 6 saturated carbocycles. The van der Waals surface area contributed by atoms with Gasteiger partial charge in [0.2, 0.25) is 0 Å². The third-order valence-corrected chi connectivity index (χ3v) is 9.96. The summed E-state index contributed by atoms with van der Waals surface area (Å²) in [4.78, 5) is 0. The molecule has 3 heteroatoms. The van der Waals surface area contributed by atoms with Crippen LogP contribution in [0.5, 0.6) is 0 Å². The lowest BCUT2D eigenvalue weighted by atomic mass is 9.91. The average molecular weight is 403 g/mol. The van der Waals surface area contributed by atoms with Crippen LogP contribution in [0.2, 0.25) is 0 Å². The van der Waals surface area contributed by atoms with Crippen molar-refractivity contribution in [3.05, 3.63) is 0 Å². The van der Waals surface area contributed by atoms with E-state index in [1.165, 1.54) is 77.0 Å². The zero-order chi connectivity index (χ0) is 19.4. The van der Waals surface area contributed by atoms with Gasteiger partial charge in [-0.3, -0.25) is 0 Å². The van der Waals surface area contributed by atoms with Crippen LogP contribution in [-0.2, 0) is 14.2 Å². The maximum atomic E-state index is 6.60. The first-order valence-electron chi connectivity index (χ1n) is 13.0. The Kier molecular flexibility index (Phi) is 5.25. The van der Waals surface area contributed by atoms with Crippen molar-refractivity contribution in [2.75, 3.05) is 19.8 Å². The molecule has 29 heavy (non-hydrogen) atoms. The molecule has 6 fully saturated rings. The van der Waals surface area contributed by atoms with Gasteiger partial charge in [-0.05, 0) is 113 Å². The highest BCUT2D eigenvalue weighted by atomic mass is 16.5. The summed E-state index contributed by atoms with van der Waals surface area (Å²) in [6.45, 7) is 4.84. The number of fused-ring (bicyclic) bond motifs is 6. The quantitative estimate of drug-likeness (QED) is 0.502. The van der Waals surface area contributed by atoms with Crippen molar-refractivity contribution in [1.82, 2.24) is 0 Å². The third-order valence-electron chi connectivity index (χ3n) is 9.96. The highest BCUT2D eigenvalue weighted by molar-refractivity contribution is 4.94. The molecule has 0 aromatic carbocycles. The van der Waals surface area contributed by atoms with Crippen molar-refractivity contribution in [1.29, 1.82) is 0 Å². The number of hydrogen-bond donors (Lipinski definition) is 0. The second-order valence-corrected chi connectivity index (χ2v) is 12.4. The van der Waals surface area contributed by atoms with E-state index in [1.54, 1.807) is 0 Å². The molecule has 6 bridgehead atoms. The van der Waals surface area contributed by atoms with Gasteiger partial charge < -0.3 is 14.2 Å². The van der Waals surface area contributed by atoms with Crippen LogP contribution < -0.4 is 0 Å². The molecule has 6 aliphatic rings. The van der Waals surface area contributed by atoms with Crippen LogP contribution >= 0.6 is 0 Å². The lowest BCUT2D eigenvalue weighted by Gasteiger charge is -2.36. The van der Waals surface area contributed by atoms with E-state index >= 15 is 0 Å². The lowest BCUT2D eigenvalue weighted by molar-refractivity contribution is -0.123. The Morgan fingerprint density at radius 2 is 0.862 bits per heavy atom. The van der Waals surface area contributed by atoms with Gasteiger partial charge in [-0.25, -0.2) is 0 Å². The molecule has 6 rings (SSSR count). The van der Waals surface area contributed by atoms with Gasteiger partial charge in [0.15, 0.2) is 0 Å². The van der Waals surface area contributed by atoms with Crippen LogP contribution in [0.25, 0.3) is 0 Å². The molecule has 0 aromatic heterocycles. The van der Waals surface area contributed by atoms with E-state index in [2.05, 4.69) is 6.92 Å². The van der Waals surface area contributed by atoms with Crippen molar-refractivity contribution >= 4 is 0 Å². The summed E-state index contributed by atoms with van der Waals surface area (Å²) in [7, 11) is 0. The number of ether oxygens (including phenoxy) is 3. The normalized spacial score (nSPS) is 49.3. The van der Waals surface area contributed by atoms with Gasteiger partial charge in [0.25, 0.3) is 0 Å². The number of hydrogen-bond acceptors (Lipinski definition) is 3. The summed E-state index contributed by atoms with van der Waals surface area (Å²) in [5.41, 5.74) is 0.00546. The topological polar surface area (TPSA) is 27.7 Å². The largest absolute Gasteiger partial charge is 0.377 e. The maximum absolute atomic E-state index is 6.60. The van der Waals surface area contributed by atoms with E-state index in [-0.39, 0.29) is 5.41 Å². The van der Waals surface area contributed by atoms with Crippen LogP contribution in [0, 0.1) is 40.9 Å². The van der Waals surface area contributed by atoms with Crippen LogP contribution in [0.3, 0.4) is 0 Å². The Morgan fingerprint density at radius 1 is 0.517 bits per heavy atom. The number of rotatable bonds is 9. The Hall–Kier alpha value is -0.120. The smallest absolute Gasteiger partial charge is 0.0606 e. The van der Waals surface area contributed by atoms with Gasteiger partial charge in [-0.1, -0.05) is 6.92 Å². The summed E-state index contributed by atoms with van der Waals surface area (Å²) in [6.07, 6.45) is 18.3. The summed E-state index contributed by atoms with van der Waals surface area (Å²) >= 11 is 0. The van der Waals surface area contributed by atoms with Crippen molar-refractivity contribution in [2.24, 2.45) is 40.9 Å². The summed E-state index contributed by atoms with van der Waals surface area (Å²) in [6, 6.07) is 0. The van der Waals surface area contributed by atoms with Crippen LogP contribution in [-0.4, -0.2) is 38.1 Å². The molecule has 0 aromatic rings. The molecule has 3 nitrogen and oxygen atoms in total. The van der Waals surface area contributed by atoms with Gasteiger partial charge in [0.05, 0.1) is 38.1 Å². The fraction of sp³-hybridized carbons (Fsp3) is 1.00. The van der Waals surface area contributed by atoms with Crippen molar-refractivity contribution in [3.8, 4) is 0 Å². The van der Waals surface area contributed by atoms with Gasteiger partial charge in [-0.2, -0.15) is 0 Å². The van der Waals surface area contributed by atoms with Crippen molar-refractivity contribution < 1.29 is 14.2 Å². The van der Waals surface area contributed by atoms with Gasteiger partial charge in [0, 0.05) is 5.41 Å². The summed E-state index contributed by atoms with van der Waals surface area (Å²) < 4.78 is 19.8. The molecule has 164 valence electrons. The molecule has 0 spiro atoms. The van der Waals surface area contributed by atoms with Gasteiger partial charge in [0.1, 0.15) is 0 Å². The SMILES string of the molecule is CC(COC1CC2CCC1C2)(COC1CC2CCC1C2)COC1CC2CCC1C2. The first-order valence-corrected chi connectivity index (χ1v) is 13.0. The first kappa shape index (κ1) is 19.6. The zero-order valence-corrected chi connectivity index (χ0v) is 18.5. The highest BCUT2D eigenvalue weighted by Crippen LogP contribution is 2.49. The second kappa shape index (κ2) is 7.78. The Labute approximate surface area is 177 Å². The van der Waals surface area contributed by atoms with Crippen molar-refractivity contribution in [3.63, 3.8) is 0 Å². The maximum Gasteiger partial charge on any atom is 0.0606 e. The fourth-order valence-electron chi connectivity index (χ4n) is 8.22. The molecule has 6 aliphatic carbocycles. The summed E-state index contributed by atoms with van der Waals surface area (Å²) in [5, 5.41) is 0. The molecule has 0 radical (unpaired) electrons. The molecule has 0 amide bonds. The fourth-order valence-corrected chi connectivity index (χ4v) is 8.22.